The summed E-state index contributed by atoms with van der Waals surface area (Å²) in [5.41, 5.74) is 0. The van der Waals surface area contributed by atoms with Crippen molar-refractivity contribution in [3.8, 4) is 0 Å². The number of carbonyl (C=O) groups excluding carboxylic acids is 1. The molecule has 2 rings (SSSR count). The first-order valence-electron chi connectivity index (χ1n) is 6.37. The molecular weight excluding hydrogens is 360 g/mol. The van der Waals surface area contributed by atoms with Crippen LogP contribution in [0.4, 0.5) is 5.13 Å². The lowest BCUT2D eigenvalue weighted by Gasteiger charge is -2.15. The van der Waals surface area contributed by atoms with Gasteiger partial charge in [-0.25, -0.2) is 0 Å². The van der Waals surface area contributed by atoms with Gasteiger partial charge in [0.1, 0.15) is 0 Å². The van der Waals surface area contributed by atoms with Crippen molar-refractivity contribution in [1.29, 1.82) is 0 Å². The summed E-state index contributed by atoms with van der Waals surface area (Å²) in [7, 11) is 1.79. The molecule has 0 unspecified atom stereocenters. The highest BCUT2D eigenvalue weighted by atomic mass is 35.5. The van der Waals surface area contributed by atoms with Crippen LogP contribution in [0.2, 0.25) is 4.34 Å². The molecule has 0 aliphatic heterocycles. The number of nitrogens with zero attached hydrogens (tertiary/aromatic N) is 3. The van der Waals surface area contributed by atoms with Crippen LogP contribution in [0.15, 0.2) is 29.1 Å². The van der Waals surface area contributed by atoms with Crippen LogP contribution in [0.5, 0.6) is 0 Å². The molecule has 0 radical (unpaired) electrons. The van der Waals surface area contributed by atoms with E-state index < -0.39 is 0 Å². The minimum atomic E-state index is 0.0466. The predicted octanol–water partition coefficient (Wildman–Crippen LogP) is 3.60. The second kappa shape index (κ2) is 8.52. The van der Waals surface area contributed by atoms with E-state index in [0.717, 1.165) is 18.7 Å². The summed E-state index contributed by atoms with van der Waals surface area (Å²) in [5.74, 6) is 0.386. The highest BCUT2D eigenvalue weighted by molar-refractivity contribution is 8.01. The summed E-state index contributed by atoms with van der Waals surface area (Å²) < 4.78 is 1.51. The first kappa shape index (κ1) is 17.3. The van der Waals surface area contributed by atoms with Gasteiger partial charge in [0.05, 0.1) is 16.6 Å². The van der Waals surface area contributed by atoms with Crippen LogP contribution in [0.3, 0.4) is 0 Å². The quantitative estimate of drug-likeness (QED) is 0.565. The molecule has 0 aliphatic rings. The maximum atomic E-state index is 12.1. The average Bonchev–Trinajstić information content (AvgIpc) is 3.11. The normalized spacial score (nSPS) is 10.5. The van der Waals surface area contributed by atoms with Gasteiger partial charge in [0.15, 0.2) is 4.34 Å². The number of anilines is 1. The zero-order chi connectivity index (χ0) is 15.9. The number of thioether (sulfide) groups is 1. The van der Waals surface area contributed by atoms with E-state index in [1.165, 1.54) is 34.4 Å². The summed E-state index contributed by atoms with van der Waals surface area (Å²) in [6.45, 7) is 4.84. The largest absolute Gasteiger partial charge is 0.357 e. The molecule has 1 N–H and O–H groups in total. The summed E-state index contributed by atoms with van der Waals surface area (Å²) in [6.07, 6.45) is 1.75. The highest BCUT2D eigenvalue weighted by Crippen LogP contribution is 2.26. The summed E-state index contributed by atoms with van der Waals surface area (Å²) in [6, 6.07) is 3.78. The van der Waals surface area contributed by atoms with Crippen molar-refractivity contribution in [3.05, 3.63) is 34.0 Å². The van der Waals surface area contributed by atoms with E-state index in [4.69, 9.17) is 11.6 Å². The maximum absolute atomic E-state index is 12.1. The molecule has 1 amide bonds. The van der Waals surface area contributed by atoms with Crippen LogP contribution in [0, 0.1) is 0 Å². The lowest BCUT2D eigenvalue weighted by atomic mass is 10.4. The number of nitrogens with one attached hydrogen (secondary N) is 1. The molecule has 2 aromatic rings. The Labute approximate surface area is 146 Å². The monoisotopic (exact) mass is 374 g/mol. The standard InChI is InChI=1S/C13H15ClN4OS3/c1-3-6-15-12-16-17-13(22-12)20-8-11(19)18(2)7-9-4-5-10(14)21-9/h3-5H,1,6-8H2,2H3,(H,15,16). The van der Waals surface area contributed by atoms with Crippen molar-refractivity contribution in [3.63, 3.8) is 0 Å². The van der Waals surface area contributed by atoms with Gasteiger partial charge < -0.3 is 10.2 Å². The zero-order valence-corrected chi connectivity index (χ0v) is 15.1. The number of halogens is 1. The van der Waals surface area contributed by atoms with Crippen LogP contribution >= 0.6 is 46.0 Å². The molecule has 0 atom stereocenters. The first-order chi connectivity index (χ1) is 10.6. The smallest absolute Gasteiger partial charge is 0.233 e. The summed E-state index contributed by atoms with van der Waals surface area (Å²) in [5, 5.41) is 11.8. The Morgan fingerprint density at radius 1 is 1.50 bits per heavy atom. The van der Waals surface area contributed by atoms with Crippen molar-refractivity contribution in [2.24, 2.45) is 0 Å². The molecule has 0 aliphatic carbocycles. The van der Waals surface area contributed by atoms with Gasteiger partial charge in [-0.15, -0.1) is 28.1 Å². The van der Waals surface area contributed by atoms with Crippen LogP contribution in [-0.4, -0.2) is 40.3 Å². The summed E-state index contributed by atoms with van der Waals surface area (Å²) in [4.78, 5) is 14.9. The highest BCUT2D eigenvalue weighted by Gasteiger charge is 2.13. The fourth-order valence-electron chi connectivity index (χ4n) is 1.49. The lowest BCUT2D eigenvalue weighted by molar-refractivity contribution is -0.127. The number of amides is 1. The molecule has 0 saturated carbocycles. The SMILES string of the molecule is C=CCNc1nnc(SCC(=O)N(C)Cc2ccc(Cl)s2)s1. The van der Waals surface area contributed by atoms with Gasteiger partial charge in [-0.2, -0.15) is 0 Å². The predicted molar refractivity (Wildman–Crippen MR) is 95.1 cm³/mol. The van der Waals surface area contributed by atoms with Crippen molar-refractivity contribution >= 4 is 57.1 Å². The van der Waals surface area contributed by atoms with Gasteiger partial charge in [0, 0.05) is 18.5 Å². The molecule has 2 aromatic heterocycles. The van der Waals surface area contributed by atoms with Gasteiger partial charge in [-0.05, 0) is 12.1 Å². The molecule has 0 bridgehead atoms. The average molecular weight is 375 g/mol. The molecule has 0 fully saturated rings. The Kier molecular flexibility index (Phi) is 6.69. The fraction of sp³-hybridized carbons (Fsp3) is 0.308. The number of thiophene rings is 1. The molecule has 0 saturated heterocycles. The molecule has 118 valence electrons. The van der Waals surface area contributed by atoms with E-state index in [9.17, 15) is 4.79 Å². The first-order valence-corrected chi connectivity index (χ1v) is 9.37. The van der Waals surface area contributed by atoms with Crippen molar-refractivity contribution < 1.29 is 4.79 Å². The Morgan fingerprint density at radius 3 is 3.00 bits per heavy atom. The molecule has 0 aromatic carbocycles. The van der Waals surface area contributed by atoms with Gasteiger partial charge in [0.25, 0.3) is 0 Å². The van der Waals surface area contributed by atoms with Crippen LogP contribution in [0.25, 0.3) is 0 Å². The van der Waals surface area contributed by atoms with E-state index in [-0.39, 0.29) is 5.91 Å². The molecular formula is C13H15ClN4OS3. The van der Waals surface area contributed by atoms with Gasteiger partial charge in [-0.1, -0.05) is 40.8 Å². The topological polar surface area (TPSA) is 58.1 Å². The Bertz CT molecular complexity index is 643. The Balaban J connectivity index is 1.79. The molecule has 22 heavy (non-hydrogen) atoms. The number of aromatic nitrogens is 2. The third kappa shape index (κ3) is 5.28. The van der Waals surface area contributed by atoms with Crippen molar-refractivity contribution in [1.82, 2.24) is 15.1 Å². The third-order valence-electron chi connectivity index (χ3n) is 2.57. The molecule has 9 heteroatoms. The van der Waals surface area contributed by atoms with Crippen LogP contribution < -0.4 is 5.32 Å². The minimum Gasteiger partial charge on any atom is -0.357 e. The van der Waals surface area contributed by atoms with Crippen molar-refractivity contribution in [2.75, 3.05) is 24.7 Å². The van der Waals surface area contributed by atoms with Gasteiger partial charge in [-0.3, -0.25) is 4.79 Å². The molecule has 2 heterocycles. The van der Waals surface area contributed by atoms with E-state index in [2.05, 4.69) is 22.1 Å². The molecule has 5 nitrogen and oxygen atoms in total. The number of carbonyl (C=O) groups is 1. The van der Waals surface area contributed by atoms with Gasteiger partial charge in [0.2, 0.25) is 11.0 Å². The van der Waals surface area contributed by atoms with E-state index in [1.54, 1.807) is 18.0 Å². The Hall–Kier alpha value is -1.09. The number of hydrogen-bond acceptors (Lipinski definition) is 7. The summed E-state index contributed by atoms with van der Waals surface area (Å²) >= 11 is 10.2. The number of hydrogen-bond donors (Lipinski definition) is 1. The second-order valence-corrected chi connectivity index (χ2v) is 8.29. The Morgan fingerprint density at radius 2 is 2.32 bits per heavy atom. The second-order valence-electron chi connectivity index (χ2n) is 4.29. The fourth-order valence-corrected chi connectivity index (χ4v) is 4.33. The minimum absolute atomic E-state index is 0.0466. The maximum Gasteiger partial charge on any atom is 0.233 e. The third-order valence-corrected chi connectivity index (χ3v) is 5.79. The van der Waals surface area contributed by atoms with E-state index >= 15 is 0 Å². The van der Waals surface area contributed by atoms with E-state index in [1.807, 2.05) is 12.1 Å². The lowest BCUT2D eigenvalue weighted by Crippen LogP contribution is -2.27. The van der Waals surface area contributed by atoms with Crippen LogP contribution in [0.1, 0.15) is 4.88 Å². The number of rotatable bonds is 8. The van der Waals surface area contributed by atoms with Gasteiger partial charge >= 0.3 is 0 Å². The zero-order valence-electron chi connectivity index (χ0n) is 11.9. The van der Waals surface area contributed by atoms with Crippen LogP contribution in [-0.2, 0) is 11.3 Å². The molecule has 0 spiro atoms. The van der Waals surface area contributed by atoms with Crippen molar-refractivity contribution in [2.45, 2.75) is 10.9 Å². The van der Waals surface area contributed by atoms with E-state index in [0.29, 0.717) is 18.8 Å².